The number of carbonyl (C=O) groups is 1. The van der Waals surface area contributed by atoms with Gasteiger partial charge in [-0.25, -0.2) is 4.39 Å². The molecule has 0 radical (unpaired) electrons. The highest BCUT2D eigenvalue weighted by molar-refractivity contribution is 5.98. The highest BCUT2D eigenvalue weighted by Crippen LogP contribution is 2.35. The monoisotopic (exact) mass is 337 g/mol. The number of amides is 1. The van der Waals surface area contributed by atoms with Gasteiger partial charge in [-0.1, -0.05) is 0 Å². The molecule has 1 aliphatic carbocycles. The summed E-state index contributed by atoms with van der Waals surface area (Å²) in [5, 5.41) is 11.4. The minimum absolute atomic E-state index is 0.269. The summed E-state index contributed by atoms with van der Waals surface area (Å²) in [5.41, 5.74) is 10.2. The average Bonchev–Trinajstić information content (AvgIpc) is 3.32. The van der Waals surface area contributed by atoms with Gasteiger partial charge in [-0.05, 0) is 54.3 Å². The Morgan fingerprint density at radius 3 is 2.84 bits per heavy atom. The summed E-state index contributed by atoms with van der Waals surface area (Å²) in [7, 11) is 0. The molecule has 4 rings (SSSR count). The Bertz CT molecular complexity index is 990. The van der Waals surface area contributed by atoms with Crippen molar-refractivity contribution in [2.24, 2.45) is 5.92 Å². The third kappa shape index (κ3) is 2.88. The van der Waals surface area contributed by atoms with E-state index in [-0.39, 0.29) is 12.3 Å². The summed E-state index contributed by atoms with van der Waals surface area (Å²) in [6.45, 7) is 1.97. The lowest BCUT2D eigenvalue weighted by molar-refractivity contribution is -0.117. The van der Waals surface area contributed by atoms with E-state index in [1.807, 2.05) is 25.1 Å². The molecule has 1 saturated carbocycles. The van der Waals surface area contributed by atoms with Gasteiger partial charge in [-0.2, -0.15) is 0 Å². The number of nitrogen functional groups attached to an aromatic ring is 1. The van der Waals surface area contributed by atoms with Gasteiger partial charge in [0.25, 0.3) is 0 Å². The number of aromatic nitrogens is 3. The van der Waals surface area contributed by atoms with Gasteiger partial charge in [0.15, 0.2) is 5.82 Å². The van der Waals surface area contributed by atoms with Crippen LogP contribution in [0.25, 0.3) is 22.0 Å². The van der Waals surface area contributed by atoms with Crippen LogP contribution in [0.3, 0.4) is 0 Å². The molecule has 0 unspecified atom stereocenters. The fourth-order valence-corrected chi connectivity index (χ4v) is 2.85. The lowest BCUT2D eigenvalue weighted by atomic mass is 10.00. The van der Waals surface area contributed by atoms with Crippen LogP contribution < -0.4 is 11.1 Å². The number of hydrogen-bond acceptors (Lipinski definition) is 5. The van der Waals surface area contributed by atoms with E-state index in [9.17, 15) is 9.18 Å². The van der Waals surface area contributed by atoms with Crippen molar-refractivity contribution in [1.82, 2.24) is 15.2 Å². The van der Waals surface area contributed by atoms with Gasteiger partial charge in [0, 0.05) is 17.8 Å². The maximum atomic E-state index is 13.0. The van der Waals surface area contributed by atoms with Crippen LogP contribution >= 0.6 is 0 Å². The van der Waals surface area contributed by atoms with Crippen LogP contribution in [0.4, 0.5) is 15.9 Å². The Labute approximate surface area is 143 Å². The molecule has 1 fully saturated rings. The van der Waals surface area contributed by atoms with E-state index in [0.29, 0.717) is 17.0 Å². The topological polar surface area (TPSA) is 93.8 Å². The first kappa shape index (κ1) is 15.4. The van der Waals surface area contributed by atoms with Crippen LogP contribution in [0.2, 0.25) is 0 Å². The Morgan fingerprint density at radius 1 is 1.32 bits per heavy atom. The summed E-state index contributed by atoms with van der Waals surface area (Å²) in [6.07, 6.45) is 2.73. The SMILES string of the molecule is Cc1cnccc1-c1cc(N)c2nnc(NC(=O)[C@@H]3C[C@@H]3F)cc2c1. The molecule has 6 nitrogen and oxygen atoms in total. The Balaban J connectivity index is 1.73. The van der Waals surface area contributed by atoms with Crippen molar-refractivity contribution in [2.75, 3.05) is 11.1 Å². The molecule has 0 spiro atoms. The van der Waals surface area contributed by atoms with Gasteiger partial charge in [-0.15, -0.1) is 10.2 Å². The van der Waals surface area contributed by atoms with Gasteiger partial charge < -0.3 is 11.1 Å². The number of fused-ring (bicyclic) bond motifs is 1. The number of carbonyl (C=O) groups excluding carboxylic acids is 1. The number of hydrogen-bond donors (Lipinski definition) is 2. The molecule has 1 aromatic carbocycles. The van der Waals surface area contributed by atoms with Gasteiger partial charge in [-0.3, -0.25) is 9.78 Å². The Hall–Kier alpha value is -3.09. The molecule has 0 aliphatic heterocycles. The Morgan fingerprint density at radius 2 is 2.12 bits per heavy atom. The van der Waals surface area contributed by atoms with E-state index in [2.05, 4.69) is 20.5 Å². The van der Waals surface area contributed by atoms with Crippen LogP contribution in [0.15, 0.2) is 36.7 Å². The molecule has 1 aliphatic rings. The smallest absolute Gasteiger partial charge is 0.231 e. The lowest BCUT2D eigenvalue weighted by Crippen LogP contribution is -2.16. The number of anilines is 2. The van der Waals surface area contributed by atoms with E-state index in [1.54, 1.807) is 18.5 Å². The maximum Gasteiger partial charge on any atom is 0.231 e. The van der Waals surface area contributed by atoms with Gasteiger partial charge in [0.1, 0.15) is 11.7 Å². The first-order valence-electron chi connectivity index (χ1n) is 7.96. The number of aryl methyl sites for hydroxylation is 1. The van der Waals surface area contributed by atoms with E-state index in [0.717, 1.165) is 22.1 Å². The minimum Gasteiger partial charge on any atom is -0.397 e. The molecule has 2 heterocycles. The molecule has 3 aromatic rings. The quantitative estimate of drug-likeness (QED) is 0.717. The van der Waals surface area contributed by atoms with Crippen LogP contribution in [0.5, 0.6) is 0 Å². The number of nitrogens with zero attached hydrogens (tertiary/aromatic N) is 3. The minimum atomic E-state index is -1.05. The zero-order valence-corrected chi connectivity index (χ0v) is 13.5. The van der Waals surface area contributed by atoms with Gasteiger partial charge in [0.05, 0.1) is 11.6 Å². The molecular weight excluding hydrogens is 321 g/mol. The van der Waals surface area contributed by atoms with Crippen molar-refractivity contribution in [3.63, 3.8) is 0 Å². The second-order valence-electron chi connectivity index (χ2n) is 6.27. The van der Waals surface area contributed by atoms with Crippen LogP contribution in [0, 0.1) is 12.8 Å². The van der Waals surface area contributed by atoms with Crippen LogP contribution in [-0.2, 0) is 4.79 Å². The van der Waals surface area contributed by atoms with Crippen molar-refractivity contribution < 1.29 is 9.18 Å². The lowest BCUT2D eigenvalue weighted by Gasteiger charge is -2.10. The van der Waals surface area contributed by atoms with E-state index in [4.69, 9.17) is 5.73 Å². The molecule has 2 atom stereocenters. The summed E-state index contributed by atoms with van der Waals surface area (Å²) in [4.78, 5) is 16.0. The largest absolute Gasteiger partial charge is 0.397 e. The number of benzene rings is 1. The molecule has 126 valence electrons. The van der Waals surface area contributed by atoms with Gasteiger partial charge in [0.2, 0.25) is 5.91 Å². The predicted molar refractivity (Wildman–Crippen MR) is 93.6 cm³/mol. The number of rotatable bonds is 3. The normalized spacial score (nSPS) is 19.0. The third-order valence-corrected chi connectivity index (χ3v) is 4.35. The number of pyridine rings is 1. The summed E-state index contributed by atoms with van der Waals surface area (Å²) >= 11 is 0. The fraction of sp³-hybridized carbons (Fsp3) is 0.222. The van der Waals surface area contributed by atoms with Crippen molar-refractivity contribution >= 4 is 28.3 Å². The zero-order chi connectivity index (χ0) is 17.6. The van der Waals surface area contributed by atoms with Crippen LogP contribution in [-0.4, -0.2) is 27.3 Å². The summed E-state index contributed by atoms with van der Waals surface area (Å²) < 4.78 is 13.0. The summed E-state index contributed by atoms with van der Waals surface area (Å²) in [5.74, 6) is -0.650. The molecule has 1 amide bonds. The molecule has 7 heteroatoms. The zero-order valence-electron chi connectivity index (χ0n) is 13.5. The molecule has 25 heavy (non-hydrogen) atoms. The van der Waals surface area contributed by atoms with E-state index >= 15 is 0 Å². The molecule has 0 saturated heterocycles. The molecule has 2 aromatic heterocycles. The molecule has 0 bridgehead atoms. The van der Waals surface area contributed by atoms with Crippen molar-refractivity contribution in [3.8, 4) is 11.1 Å². The predicted octanol–water partition coefficient (Wildman–Crippen LogP) is 2.88. The average molecular weight is 337 g/mol. The number of nitrogens with two attached hydrogens (primary N) is 1. The van der Waals surface area contributed by atoms with E-state index < -0.39 is 12.1 Å². The summed E-state index contributed by atoms with van der Waals surface area (Å²) in [6, 6.07) is 7.40. The van der Waals surface area contributed by atoms with Crippen molar-refractivity contribution in [3.05, 3.63) is 42.2 Å². The van der Waals surface area contributed by atoms with E-state index in [1.165, 1.54) is 0 Å². The highest BCUT2D eigenvalue weighted by atomic mass is 19.1. The maximum absolute atomic E-state index is 13.0. The molecule has 3 N–H and O–H groups in total. The fourth-order valence-electron chi connectivity index (χ4n) is 2.85. The first-order valence-corrected chi connectivity index (χ1v) is 7.96. The van der Waals surface area contributed by atoms with Gasteiger partial charge >= 0.3 is 0 Å². The molecular formula is C18H16FN5O. The standard InChI is InChI=1S/C18H16FN5O/c1-9-8-21-3-2-12(9)10-4-11-6-16(22-18(25)13-7-14(13)19)23-24-17(11)15(20)5-10/h2-6,8,13-14H,7,20H2,1H3,(H,22,23,25)/t13-,14+/m1/s1. The van der Waals surface area contributed by atoms with Crippen LogP contribution in [0.1, 0.15) is 12.0 Å². The van der Waals surface area contributed by atoms with Crippen molar-refractivity contribution in [1.29, 1.82) is 0 Å². The highest BCUT2D eigenvalue weighted by Gasteiger charge is 2.43. The first-order chi connectivity index (χ1) is 12.0. The second-order valence-corrected chi connectivity index (χ2v) is 6.27. The number of alkyl halides is 1. The van der Waals surface area contributed by atoms with Crippen molar-refractivity contribution in [2.45, 2.75) is 19.5 Å². The third-order valence-electron chi connectivity index (χ3n) is 4.35. The second kappa shape index (κ2) is 5.77. The Kier molecular flexibility index (Phi) is 3.56. The number of halogens is 1. The number of nitrogens with one attached hydrogen (secondary N) is 1.